The van der Waals surface area contributed by atoms with Gasteiger partial charge in [-0.3, -0.25) is 14.7 Å². The van der Waals surface area contributed by atoms with Gasteiger partial charge in [0, 0.05) is 30.7 Å². The lowest BCUT2D eigenvalue weighted by Gasteiger charge is -2.36. The predicted octanol–water partition coefficient (Wildman–Crippen LogP) is 0.811. The number of aromatic amines is 1. The van der Waals surface area contributed by atoms with Gasteiger partial charge in [-0.1, -0.05) is 12.1 Å². The van der Waals surface area contributed by atoms with Crippen LogP contribution >= 0.6 is 0 Å². The summed E-state index contributed by atoms with van der Waals surface area (Å²) < 4.78 is 5.61. The van der Waals surface area contributed by atoms with E-state index in [1.165, 1.54) is 6.20 Å². The number of hydrogen-bond acceptors (Lipinski definition) is 6. The van der Waals surface area contributed by atoms with Gasteiger partial charge in [0.2, 0.25) is 0 Å². The molecular weight excluding hydrogens is 334 g/mol. The van der Waals surface area contributed by atoms with Crippen molar-refractivity contribution in [2.75, 3.05) is 25.4 Å². The molecule has 3 rings (SSSR count). The van der Waals surface area contributed by atoms with Crippen molar-refractivity contribution in [3.63, 3.8) is 0 Å². The topological polar surface area (TPSA) is 113 Å². The fraction of sp³-hybridized carbons (Fsp3) is 0.389. The molecule has 8 nitrogen and oxygen atoms in total. The maximum Gasteiger partial charge on any atom is 0.260 e. The summed E-state index contributed by atoms with van der Waals surface area (Å²) >= 11 is 0. The largest absolute Gasteiger partial charge is 0.484 e. The van der Waals surface area contributed by atoms with Crippen LogP contribution < -0.4 is 15.8 Å². The molecule has 26 heavy (non-hydrogen) atoms. The van der Waals surface area contributed by atoms with Crippen molar-refractivity contribution in [2.45, 2.75) is 25.9 Å². The third-order valence-corrected chi connectivity index (χ3v) is 4.28. The van der Waals surface area contributed by atoms with Gasteiger partial charge in [-0.05, 0) is 26.0 Å². The molecule has 1 aliphatic rings. The second-order valence-corrected chi connectivity index (χ2v) is 6.61. The second kappa shape index (κ2) is 7.57. The highest BCUT2D eigenvalue weighted by Crippen LogP contribution is 2.19. The first-order chi connectivity index (χ1) is 12.4. The molecule has 0 aliphatic carbocycles. The maximum absolute atomic E-state index is 12.5. The summed E-state index contributed by atoms with van der Waals surface area (Å²) in [4.78, 5) is 26.6. The summed E-state index contributed by atoms with van der Waals surface area (Å²) in [6, 6.07) is 7.20. The van der Waals surface area contributed by atoms with Crippen molar-refractivity contribution in [2.24, 2.45) is 0 Å². The predicted molar refractivity (Wildman–Crippen MR) is 97.0 cm³/mol. The SMILES string of the molecule is CC1CN(C(=O)COc2cccc(C(=O)c3cn[nH]c3N)c2)CC(C)N1. The van der Waals surface area contributed by atoms with E-state index < -0.39 is 0 Å². The number of carbonyl (C=O) groups is 2. The summed E-state index contributed by atoms with van der Waals surface area (Å²) in [6.45, 7) is 5.35. The van der Waals surface area contributed by atoms with E-state index in [4.69, 9.17) is 10.5 Å². The molecule has 2 unspecified atom stereocenters. The molecule has 138 valence electrons. The van der Waals surface area contributed by atoms with E-state index in [1.54, 1.807) is 29.2 Å². The van der Waals surface area contributed by atoms with Gasteiger partial charge < -0.3 is 20.7 Å². The third-order valence-electron chi connectivity index (χ3n) is 4.28. The van der Waals surface area contributed by atoms with Crippen LogP contribution in [0.25, 0.3) is 0 Å². The minimum absolute atomic E-state index is 0.0646. The van der Waals surface area contributed by atoms with Crippen LogP contribution in [-0.2, 0) is 4.79 Å². The average molecular weight is 357 g/mol. The Kier molecular flexibility index (Phi) is 5.22. The van der Waals surface area contributed by atoms with Crippen molar-refractivity contribution in [3.8, 4) is 5.75 Å². The Labute approximate surface area is 151 Å². The monoisotopic (exact) mass is 357 g/mol. The Hall–Kier alpha value is -2.87. The van der Waals surface area contributed by atoms with Crippen molar-refractivity contribution in [1.29, 1.82) is 0 Å². The Morgan fingerprint density at radius 3 is 2.69 bits per heavy atom. The normalized spacial score (nSPS) is 20.0. The van der Waals surface area contributed by atoms with Crippen LogP contribution in [-0.4, -0.2) is 58.6 Å². The number of piperazine rings is 1. The highest BCUT2D eigenvalue weighted by Gasteiger charge is 2.25. The van der Waals surface area contributed by atoms with Gasteiger partial charge in [0.15, 0.2) is 12.4 Å². The Bertz CT molecular complexity index is 794. The number of nitrogen functional groups attached to an aromatic ring is 1. The molecule has 0 radical (unpaired) electrons. The number of anilines is 1. The molecule has 1 aromatic carbocycles. The molecule has 2 heterocycles. The fourth-order valence-electron chi connectivity index (χ4n) is 3.13. The first-order valence-corrected chi connectivity index (χ1v) is 8.54. The maximum atomic E-state index is 12.5. The van der Waals surface area contributed by atoms with E-state index in [0.29, 0.717) is 30.0 Å². The Morgan fingerprint density at radius 1 is 1.31 bits per heavy atom. The van der Waals surface area contributed by atoms with Crippen molar-refractivity contribution in [3.05, 3.63) is 41.6 Å². The van der Waals surface area contributed by atoms with E-state index >= 15 is 0 Å². The molecule has 8 heteroatoms. The lowest BCUT2D eigenvalue weighted by atomic mass is 10.1. The summed E-state index contributed by atoms with van der Waals surface area (Å²) in [6.07, 6.45) is 1.39. The fourth-order valence-corrected chi connectivity index (χ4v) is 3.13. The molecule has 0 spiro atoms. The number of hydrogen-bond donors (Lipinski definition) is 3. The molecule has 2 aromatic rings. The number of rotatable bonds is 5. The van der Waals surface area contributed by atoms with Crippen LogP contribution in [0.15, 0.2) is 30.5 Å². The number of nitrogens with one attached hydrogen (secondary N) is 2. The molecule has 1 amide bonds. The zero-order valence-corrected chi connectivity index (χ0v) is 14.9. The quantitative estimate of drug-likeness (QED) is 0.683. The van der Waals surface area contributed by atoms with Crippen LogP contribution in [0.4, 0.5) is 5.82 Å². The lowest BCUT2D eigenvalue weighted by Crippen LogP contribution is -2.56. The molecule has 1 saturated heterocycles. The molecule has 4 N–H and O–H groups in total. The number of benzene rings is 1. The van der Waals surface area contributed by atoms with E-state index in [-0.39, 0.29) is 36.2 Å². The van der Waals surface area contributed by atoms with Crippen molar-refractivity contribution in [1.82, 2.24) is 20.4 Å². The molecule has 1 aromatic heterocycles. The zero-order chi connectivity index (χ0) is 18.7. The standard InChI is InChI=1S/C18H23N5O3/c1-11-8-23(9-12(2)21-11)16(24)10-26-14-5-3-4-13(6-14)17(25)15-7-20-22-18(15)19/h3-7,11-12,21H,8-10H2,1-2H3,(H3,19,20,22). The summed E-state index contributed by atoms with van der Waals surface area (Å²) in [5, 5.41) is 9.68. The third kappa shape index (κ3) is 4.02. The van der Waals surface area contributed by atoms with Crippen LogP contribution in [0.3, 0.4) is 0 Å². The van der Waals surface area contributed by atoms with Crippen LogP contribution in [0.5, 0.6) is 5.75 Å². The second-order valence-electron chi connectivity index (χ2n) is 6.61. The average Bonchev–Trinajstić information content (AvgIpc) is 3.04. The van der Waals surface area contributed by atoms with E-state index in [2.05, 4.69) is 15.5 Å². The number of carbonyl (C=O) groups excluding carboxylic acids is 2. The first kappa shape index (κ1) is 17.9. The molecule has 1 aliphatic heterocycles. The number of ether oxygens (including phenoxy) is 1. The van der Waals surface area contributed by atoms with Gasteiger partial charge in [-0.25, -0.2) is 0 Å². The van der Waals surface area contributed by atoms with Crippen LogP contribution in [0.1, 0.15) is 29.8 Å². The van der Waals surface area contributed by atoms with Gasteiger partial charge in [0.25, 0.3) is 5.91 Å². The van der Waals surface area contributed by atoms with E-state index in [9.17, 15) is 9.59 Å². The van der Waals surface area contributed by atoms with E-state index in [1.807, 2.05) is 13.8 Å². The van der Waals surface area contributed by atoms with Gasteiger partial charge in [-0.2, -0.15) is 5.10 Å². The van der Waals surface area contributed by atoms with Gasteiger partial charge >= 0.3 is 0 Å². The van der Waals surface area contributed by atoms with E-state index in [0.717, 1.165) is 0 Å². The van der Waals surface area contributed by atoms with Gasteiger partial charge in [0.05, 0.1) is 11.8 Å². The first-order valence-electron chi connectivity index (χ1n) is 8.54. The number of aromatic nitrogens is 2. The Balaban J connectivity index is 1.63. The zero-order valence-electron chi connectivity index (χ0n) is 14.9. The molecule has 0 bridgehead atoms. The minimum atomic E-state index is -0.252. The molecule has 0 saturated carbocycles. The van der Waals surface area contributed by atoms with Gasteiger partial charge in [0.1, 0.15) is 11.6 Å². The number of nitrogens with two attached hydrogens (primary N) is 1. The molecular formula is C18H23N5O3. The molecule has 2 atom stereocenters. The number of nitrogens with zero attached hydrogens (tertiary/aromatic N) is 2. The number of H-pyrrole nitrogens is 1. The van der Waals surface area contributed by atoms with Crippen molar-refractivity contribution >= 4 is 17.5 Å². The van der Waals surface area contributed by atoms with Crippen LogP contribution in [0.2, 0.25) is 0 Å². The summed E-state index contributed by atoms with van der Waals surface area (Å²) in [5.41, 5.74) is 6.43. The minimum Gasteiger partial charge on any atom is -0.484 e. The summed E-state index contributed by atoms with van der Waals surface area (Å²) in [5.74, 6) is 0.361. The smallest absolute Gasteiger partial charge is 0.260 e. The number of amides is 1. The van der Waals surface area contributed by atoms with Crippen LogP contribution in [0, 0.1) is 0 Å². The lowest BCUT2D eigenvalue weighted by molar-refractivity contribution is -0.135. The highest BCUT2D eigenvalue weighted by molar-refractivity contribution is 6.11. The van der Waals surface area contributed by atoms with Crippen molar-refractivity contribution < 1.29 is 14.3 Å². The van der Waals surface area contributed by atoms with Gasteiger partial charge in [-0.15, -0.1) is 0 Å². The Morgan fingerprint density at radius 2 is 2.04 bits per heavy atom. The molecule has 1 fully saturated rings. The highest BCUT2D eigenvalue weighted by atomic mass is 16.5. The summed E-state index contributed by atoms with van der Waals surface area (Å²) in [7, 11) is 0. The number of ketones is 1.